The van der Waals surface area contributed by atoms with Crippen LogP contribution in [0.3, 0.4) is 0 Å². The van der Waals surface area contributed by atoms with Crippen LogP contribution in [0.25, 0.3) is 0 Å². The number of rotatable bonds is 4. The second-order valence-electron chi connectivity index (χ2n) is 5.13. The first-order valence-electron chi connectivity index (χ1n) is 7.41. The van der Waals surface area contributed by atoms with E-state index in [0.717, 1.165) is 0 Å². The van der Waals surface area contributed by atoms with Gasteiger partial charge in [-0.25, -0.2) is 9.59 Å². The zero-order chi connectivity index (χ0) is 19.7. The topological polar surface area (TPSA) is 133 Å². The molecule has 0 saturated carbocycles. The number of amides is 2. The minimum atomic E-state index is -0.977. The van der Waals surface area contributed by atoms with Crippen molar-refractivity contribution in [3.05, 3.63) is 59.7 Å². The van der Waals surface area contributed by atoms with E-state index in [2.05, 4.69) is 10.6 Å². The number of anilines is 2. The Bertz CT molecular complexity index is 734. The Labute approximate surface area is 166 Å². The summed E-state index contributed by atoms with van der Waals surface area (Å²) in [6, 6.07) is 11.9. The van der Waals surface area contributed by atoms with Gasteiger partial charge in [0.25, 0.3) is 0 Å². The fourth-order valence-electron chi connectivity index (χ4n) is 1.80. The molecule has 2 rings (SSSR count). The van der Waals surface area contributed by atoms with Gasteiger partial charge in [0.05, 0.1) is 11.1 Å². The monoisotopic (exact) mass is 421 g/mol. The SMILES string of the molecule is CC(=O)Nc1ccc(C(=O)O)cc1.CC(=O)Nc1ccc(C(=O)O)cc1.[Cu]. The number of carbonyl (C=O) groups is 4. The first kappa shape index (κ1) is 23.8. The van der Waals surface area contributed by atoms with E-state index in [1.54, 1.807) is 24.3 Å². The molecule has 2 aromatic rings. The average molecular weight is 422 g/mol. The molecule has 9 heteroatoms. The molecule has 0 bridgehead atoms. The minimum Gasteiger partial charge on any atom is -0.478 e. The Hall–Kier alpha value is -3.16. The molecule has 8 nitrogen and oxygen atoms in total. The van der Waals surface area contributed by atoms with Crippen molar-refractivity contribution in [2.75, 3.05) is 10.6 Å². The Morgan fingerprint density at radius 3 is 1.07 bits per heavy atom. The Morgan fingerprint density at radius 1 is 0.630 bits per heavy atom. The number of hydrogen-bond acceptors (Lipinski definition) is 4. The molecule has 147 valence electrons. The second kappa shape index (κ2) is 11.5. The summed E-state index contributed by atoms with van der Waals surface area (Å²) >= 11 is 0. The largest absolute Gasteiger partial charge is 0.478 e. The zero-order valence-electron chi connectivity index (χ0n) is 14.4. The van der Waals surface area contributed by atoms with Gasteiger partial charge in [-0.2, -0.15) is 0 Å². The van der Waals surface area contributed by atoms with Gasteiger partial charge in [-0.15, -0.1) is 0 Å². The number of aromatic carboxylic acids is 2. The van der Waals surface area contributed by atoms with E-state index in [0.29, 0.717) is 11.4 Å². The molecular weight excluding hydrogens is 404 g/mol. The average Bonchev–Trinajstić information content (AvgIpc) is 2.55. The van der Waals surface area contributed by atoms with Crippen LogP contribution < -0.4 is 10.6 Å². The molecule has 0 aliphatic heterocycles. The van der Waals surface area contributed by atoms with Gasteiger partial charge in [-0.1, -0.05) is 0 Å². The van der Waals surface area contributed by atoms with E-state index in [1.807, 2.05) is 0 Å². The Kier molecular flexibility index (Phi) is 10.1. The third kappa shape index (κ3) is 9.20. The van der Waals surface area contributed by atoms with Crippen molar-refractivity contribution >= 4 is 35.1 Å². The van der Waals surface area contributed by atoms with Crippen molar-refractivity contribution in [2.24, 2.45) is 0 Å². The van der Waals surface area contributed by atoms with Crippen molar-refractivity contribution in [2.45, 2.75) is 13.8 Å². The number of benzene rings is 2. The predicted octanol–water partition coefficient (Wildman–Crippen LogP) is 2.68. The summed E-state index contributed by atoms with van der Waals surface area (Å²) < 4.78 is 0. The maximum absolute atomic E-state index is 10.6. The molecule has 2 aromatic carbocycles. The standard InChI is InChI=1S/2C9H9NO3.Cu/c2*1-6(11)10-8-4-2-7(3-5-8)9(12)13;/h2*2-5H,1H3,(H,10,11)(H,12,13);. The fraction of sp³-hybridized carbons (Fsp3) is 0.111. The van der Waals surface area contributed by atoms with Gasteiger partial charge in [0.1, 0.15) is 0 Å². The molecule has 0 saturated heterocycles. The Morgan fingerprint density at radius 2 is 0.889 bits per heavy atom. The summed E-state index contributed by atoms with van der Waals surface area (Å²) in [5.41, 5.74) is 1.60. The molecule has 0 heterocycles. The minimum absolute atomic E-state index is 0. The maximum Gasteiger partial charge on any atom is 0.335 e. The summed E-state index contributed by atoms with van der Waals surface area (Å²) in [4.78, 5) is 42.1. The molecule has 0 fully saturated rings. The van der Waals surface area contributed by atoms with Crippen LogP contribution in [0.5, 0.6) is 0 Å². The molecule has 4 N–H and O–H groups in total. The number of carbonyl (C=O) groups excluding carboxylic acids is 2. The summed E-state index contributed by atoms with van der Waals surface area (Å²) in [5.74, 6) is -2.31. The van der Waals surface area contributed by atoms with Crippen LogP contribution in [0.4, 0.5) is 11.4 Å². The number of hydrogen-bond donors (Lipinski definition) is 4. The van der Waals surface area contributed by atoms with Crippen molar-refractivity contribution in [3.8, 4) is 0 Å². The summed E-state index contributed by atoms with van der Waals surface area (Å²) in [6.07, 6.45) is 0. The van der Waals surface area contributed by atoms with Crippen LogP contribution in [-0.2, 0) is 26.7 Å². The molecule has 2 amide bonds. The summed E-state index contributed by atoms with van der Waals surface area (Å²) in [6.45, 7) is 2.79. The number of carboxylic acid groups (broad SMARTS) is 2. The molecular formula is C18H18CuN2O6. The molecule has 0 unspecified atom stereocenters. The van der Waals surface area contributed by atoms with E-state index in [-0.39, 0.29) is 40.0 Å². The maximum atomic E-state index is 10.6. The van der Waals surface area contributed by atoms with Gasteiger partial charge < -0.3 is 20.8 Å². The number of carboxylic acids is 2. The molecule has 0 aromatic heterocycles. The van der Waals surface area contributed by atoms with E-state index < -0.39 is 11.9 Å². The van der Waals surface area contributed by atoms with E-state index in [1.165, 1.54) is 38.1 Å². The van der Waals surface area contributed by atoms with Crippen LogP contribution in [-0.4, -0.2) is 34.0 Å². The first-order valence-corrected chi connectivity index (χ1v) is 7.41. The van der Waals surface area contributed by atoms with Gasteiger partial charge in [0.15, 0.2) is 0 Å². The van der Waals surface area contributed by atoms with Gasteiger partial charge in [0, 0.05) is 42.3 Å². The quantitative estimate of drug-likeness (QED) is 0.561. The third-order valence-corrected chi connectivity index (χ3v) is 2.90. The van der Waals surface area contributed by atoms with E-state index in [4.69, 9.17) is 10.2 Å². The van der Waals surface area contributed by atoms with E-state index >= 15 is 0 Å². The molecule has 27 heavy (non-hydrogen) atoms. The van der Waals surface area contributed by atoms with Crippen LogP contribution in [0.15, 0.2) is 48.5 Å². The molecule has 0 aliphatic carbocycles. The van der Waals surface area contributed by atoms with E-state index in [9.17, 15) is 19.2 Å². The van der Waals surface area contributed by atoms with Crippen LogP contribution in [0, 0.1) is 0 Å². The van der Waals surface area contributed by atoms with Gasteiger partial charge in [-0.05, 0) is 48.5 Å². The smallest absolute Gasteiger partial charge is 0.335 e. The van der Waals surface area contributed by atoms with Crippen molar-refractivity contribution in [1.29, 1.82) is 0 Å². The van der Waals surface area contributed by atoms with Crippen molar-refractivity contribution in [3.63, 3.8) is 0 Å². The first-order chi connectivity index (χ1) is 12.2. The summed E-state index contributed by atoms with van der Waals surface area (Å²) in [7, 11) is 0. The predicted molar refractivity (Wildman–Crippen MR) is 95.4 cm³/mol. The Balaban J connectivity index is 0.000000483. The zero-order valence-corrected chi connectivity index (χ0v) is 15.4. The molecule has 0 atom stereocenters. The second-order valence-corrected chi connectivity index (χ2v) is 5.13. The fourth-order valence-corrected chi connectivity index (χ4v) is 1.80. The number of nitrogens with one attached hydrogen (secondary N) is 2. The van der Waals surface area contributed by atoms with Gasteiger partial charge >= 0.3 is 11.9 Å². The molecule has 0 aliphatic rings. The van der Waals surface area contributed by atoms with Crippen LogP contribution >= 0.6 is 0 Å². The molecule has 1 radical (unpaired) electrons. The van der Waals surface area contributed by atoms with Crippen LogP contribution in [0.1, 0.15) is 34.6 Å². The third-order valence-electron chi connectivity index (χ3n) is 2.90. The van der Waals surface area contributed by atoms with Crippen LogP contribution in [0.2, 0.25) is 0 Å². The van der Waals surface area contributed by atoms with Crippen molar-refractivity contribution < 1.29 is 46.5 Å². The molecule has 0 spiro atoms. The van der Waals surface area contributed by atoms with Gasteiger partial charge in [-0.3, -0.25) is 9.59 Å². The van der Waals surface area contributed by atoms with Crippen molar-refractivity contribution in [1.82, 2.24) is 0 Å². The van der Waals surface area contributed by atoms with Gasteiger partial charge in [0.2, 0.25) is 11.8 Å². The summed E-state index contributed by atoms with van der Waals surface area (Å²) in [5, 5.41) is 22.2. The normalized spacial score (nSPS) is 8.96.